The van der Waals surface area contributed by atoms with Crippen LogP contribution in [-0.2, 0) is 13.1 Å². The van der Waals surface area contributed by atoms with Gasteiger partial charge in [-0.2, -0.15) is 5.10 Å². The summed E-state index contributed by atoms with van der Waals surface area (Å²) < 4.78 is 1.87. The zero-order valence-electron chi connectivity index (χ0n) is 12.6. The molecule has 1 heterocycles. The van der Waals surface area contributed by atoms with Crippen LogP contribution in [0.1, 0.15) is 42.6 Å². The monoisotopic (exact) mass is 281 g/mol. The Kier molecular flexibility index (Phi) is 5.57. The Hall–Kier alpha value is -0.910. The second kappa shape index (κ2) is 7.20. The number of aliphatic hydroxyl groups excluding tert-OH is 2. The number of hydrogen-bond donors (Lipinski definition) is 3. The molecular weight excluding hydrogens is 254 g/mol. The fourth-order valence-electron chi connectivity index (χ4n) is 3.23. The van der Waals surface area contributed by atoms with Gasteiger partial charge in [0.25, 0.3) is 0 Å². The van der Waals surface area contributed by atoms with Gasteiger partial charge in [-0.05, 0) is 32.6 Å². The van der Waals surface area contributed by atoms with E-state index < -0.39 is 0 Å². The maximum atomic E-state index is 9.46. The lowest BCUT2D eigenvalue weighted by molar-refractivity contribution is 0.152. The average molecular weight is 281 g/mol. The maximum Gasteiger partial charge on any atom is 0.0644 e. The molecule has 5 heteroatoms. The molecular formula is C15H27N3O2. The zero-order chi connectivity index (χ0) is 14.5. The van der Waals surface area contributed by atoms with E-state index in [9.17, 15) is 5.11 Å². The second-order valence-electron chi connectivity index (χ2n) is 5.81. The Bertz CT molecular complexity index is 431. The molecule has 1 fully saturated rings. The van der Waals surface area contributed by atoms with Gasteiger partial charge in [0, 0.05) is 30.5 Å². The molecule has 0 saturated heterocycles. The van der Waals surface area contributed by atoms with E-state index in [0.29, 0.717) is 18.5 Å². The Labute approximate surface area is 121 Å². The normalized spacial score (nSPS) is 23.2. The smallest absolute Gasteiger partial charge is 0.0644 e. The number of nitrogens with zero attached hydrogens (tertiary/aromatic N) is 2. The standard InChI is InChI=1S/C15H27N3O2/c1-11-14(12(2)18(17-11)7-8-19)9-16-15-6-4-3-5-13(15)10-20/h13,15-16,19-20H,3-10H2,1-2H3. The SMILES string of the molecule is Cc1nn(CCO)c(C)c1CNC1CCCCC1CO. The largest absolute Gasteiger partial charge is 0.396 e. The minimum absolute atomic E-state index is 0.115. The maximum absolute atomic E-state index is 9.46. The first-order chi connectivity index (χ1) is 9.67. The van der Waals surface area contributed by atoms with Crippen molar-refractivity contribution in [1.29, 1.82) is 0 Å². The summed E-state index contributed by atoms with van der Waals surface area (Å²) >= 11 is 0. The third kappa shape index (κ3) is 3.40. The fraction of sp³-hybridized carbons (Fsp3) is 0.800. The summed E-state index contributed by atoms with van der Waals surface area (Å²) in [5, 5.41) is 26.6. The van der Waals surface area contributed by atoms with Gasteiger partial charge in [0.15, 0.2) is 0 Å². The molecule has 1 aliphatic rings. The third-order valence-electron chi connectivity index (χ3n) is 4.53. The van der Waals surface area contributed by atoms with Gasteiger partial charge in [0.2, 0.25) is 0 Å². The number of rotatable bonds is 6. The molecule has 2 atom stereocenters. The molecule has 0 bridgehead atoms. The van der Waals surface area contributed by atoms with E-state index in [1.165, 1.54) is 18.4 Å². The molecule has 1 aliphatic carbocycles. The molecule has 1 aromatic heterocycles. The number of aromatic nitrogens is 2. The Balaban J connectivity index is 1.99. The molecule has 3 N–H and O–H groups in total. The van der Waals surface area contributed by atoms with E-state index in [2.05, 4.69) is 17.3 Å². The lowest BCUT2D eigenvalue weighted by Gasteiger charge is -2.31. The van der Waals surface area contributed by atoms with Crippen molar-refractivity contribution in [3.05, 3.63) is 17.0 Å². The number of aryl methyl sites for hydroxylation is 1. The molecule has 0 amide bonds. The molecule has 0 radical (unpaired) electrons. The Morgan fingerprint density at radius 3 is 2.70 bits per heavy atom. The number of aliphatic hydroxyl groups is 2. The first kappa shape index (κ1) is 15.5. The van der Waals surface area contributed by atoms with Gasteiger partial charge in [-0.1, -0.05) is 12.8 Å². The van der Waals surface area contributed by atoms with Crippen LogP contribution in [0.5, 0.6) is 0 Å². The van der Waals surface area contributed by atoms with Crippen LogP contribution >= 0.6 is 0 Å². The summed E-state index contributed by atoms with van der Waals surface area (Å²) in [6, 6.07) is 0.411. The van der Waals surface area contributed by atoms with Crippen LogP contribution in [0.2, 0.25) is 0 Å². The highest BCUT2D eigenvalue weighted by Crippen LogP contribution is 2.24. The first-order valence-corrected chi connectivity index (χ1v) is 7.65. The van der Waals surface area contributed by atoms with Crippen LogP contribution in [0.15, 0.2) is 0 Å². The van der Waals surface area contributed by atoms with Crippen molar-refractivity contribution in [3.63, 3.8) is 0 Å². The van der Waals surface area contributed by atoms with Gasteiger partial charge in [-0.15, -0.1) is 0 Å². The molecule has 2 unspecified atom stereocenters. The topological polar surface area (TPSA) is 70.3 Å². The van der Waals surface area contributed by atoms with Crippen molar-refractivity contribution in [1.82, 2.24) is 15.1 Å². The van der Waals surface area contributed by atoms with Crippen LogP contribution in [0.4, 0.5) is 0 Å². The summed E-state index contributed by atoms with van der Waals surface area (Å²) in [4.78, 5) is 0. The highest BCUT2D eigenvalue weighted by atomic mass is 16.3. The quantitative estimate of drug-likeness (QED) is 0.731. The molecule has 1 aromatic rings. The molecule has 0 aliphatic heterocycles. The summed E-state index contributed by atoms with van der Waals surface area (Å²) in [6.07, 6.45) is 4.75. The third-order valence-corrected chi connectivity index (χ3v) is 4.53. The van der Waals surface area contributed by atoms with Gasteiger partial charge in [0.05, 0.1) is 18.8 Å². The highest BCUT2D eigenvalue weighted by molar-refractivity contribution is 5.24. The van der Waals surface area contributed by atoms with Crippen molar-refractivity contribution in [2.45, 2.75) is 58.7 Å². The molecule has 2 rings (SSSR count). The minimum Gasteiger partial charge on any atom is -0.396 e. The number of hydrogen-bond acceptors (Lipinski definition) is 4. The predicted molar refractivity (Wildman–Crippen MR) is 78.5 cm³/mol. The predicted octanol–water partition coefficient (Wildman–Crippen LogP) is 1.13. The highest BCUT2D eigenvalue weighted by Gasteiger charge is 2.24. The lowest BCUT2D eigenvalue weighted by Crippen LogP contribution is -2.39. The van der Waals surface area contributed by atoms with Crippen molar-refractivity contribution < 1.29 is 10.2 Å². The summed E-state index contributed by atoms with van der Waals surface area (Å²) in [5.74, 6) is 0.386. The van der Waals surface area contributed by atoms with Crippen LogP contribution in [-0.4, -0.2) is 39.2 Å². The van der Waals surface area contributed by atoms with E-state index in [1.807, 2.05) is 11.6 Å². The Morgan fingerprint density at radius 1 is 1.25 bits per heavy atom. The van der Waals surface area contributed by atoms with E-state index in [4.69, 9.17) is 5.11 Å². The second-order valence-corrected chi connectivity index (χ2v) is 5.81. The van der Waals surface area contributed by atoms with Gasteiger partial charge in [0.1, 0.15) is 0 Å². The van der Waals surface area contributed by atoms with E-state index in [-0.39, 0.29) is 13.2 Å². The minimum atomic E-state index is 0.115. The summed E-state index contributed by atoms with van der Waals surface area (Å²) in [6.45, 7) is 5.81. The van der Waals surface area contributed by atoms with Gasteiger partial charge < -0.3 is 15.5 Å². The van der Waals surface area contributed by atoms with E-state index >= 15 is 0 Å². The van der Waals surface area contributed by atoms with Crippen LogP contribution in [0.25, 0.3) is 0 Å². The van der Waals surface area contributed by atoms with Gasteiger partial charge >= 0.3 is 0 Å². The van der Waals surface area contributed by atoms with Crippen molar-refractivity contribution in [2.24, 2.45) is 5.92 Å². The Morgan fingerprint density at radius 2 is 2.00 bits per heavy atom. The van der Waals surface area contributed by atoms with Crippen LogP contribution < -0.4 is 5.32 Å². The fourth-order valence-corrected chi connectivity index (χ4v) is 3.23. The van der Waals surface area contributed by atoms with Crippen LogP contribution in [0, 0.1) is 19.8 Å². The van der Waals surface area contributed by atoms with E-state index in [1.54, 1.807) is 0 Å². The van der Waals surface area contributed by atoms with Crippen LogP contribution in [0.3, 0.4) is 0 Å². The molecule has 20 heavy (non-hydrogen) atoms. The zero-order valence-corrected chi connectivity index (χ0v) is 12.6. The first-order valence-electron chi connectivity index (χ1n) is 7.65. The van der Waals surface area contributed by atoms with Gasteiger partial charge in [-0.25, -0.2) is 0 Å². The van der Waals surface area contributed by atoms with Gasteiger partial charge in [-0.3, -0.25) is 4.68 Å². The molecule has 5 nitrogen and oxygen atoms in total. The van der Waals surface area contributed by atoms with Crippen molar-refractivity contribution in [3.8, 4) is 0 Å². The molecule has 0 aromatic carbocycles. The summed E-state index contributed by atoms with van der Waals surface area (Å²) in [7, 11) is 0. The van der Waals surface area contributed by atoms with Crippen molar-refractivity contribution >= 4 is 0 Å². The lowest BCUT2D eigenvalue weighted by atomic mass is 9.85. The van der Waals surface area contributed by atoms with Crippen molar-refractivity contribution in [2.75, 3.05) is 13.2 Å². The number of nitrogens with one attached hydrogen (secondary N) is 1. The molecule has 0 spiro atoms. The molecule has 114 valence electrons. The van der Waals surface area contributed by atoms with E-state index in [0.717, 1.165) is 30.8 Å². The average Bonchev–Trinajstić information content (AvgIpc) is 2.72. The molecule has 1 saturated carbocycles. The summed E-state index contributed by atoms with van der Waals surface area (Å²) in [5.41, 5.74) is 3.38.